The Balaban J connectivity index is 2.18. The van der Waals surface area contributed by atoms with E-state index in [0.29, 0.717) is 17.1 Å². The molecule has 0 saturated carbocycles. The maximum Gasteiger partial charge on any atom is 0.129 e. The first-order chi connectivity index (χ1) is 10.0. The molecular weight excluding hydrogens is 289 g/mol. The molecule has 2 aromatic rings. The van der Waals surface area contributed by atoms with Gasteiger partial charge in [0.2, 0.25) is 0 Å². The Morgan fingerprint density at radius 1 is 1.14 bits per heavy atom. The highest BCUT2D eigenvalue weighted by Crippen LogP contribution is 2.26. The standard InChI is InChI=1S/C17H19ClFNO/c1-11-7-13(5-6-20)8-12(2)17(11)21-10-14-9-15(18)3-4-16(14)19/h3-4,7-9H,5-6,10,20H2,1-2H3. The quantitative estimate of drug-likeness (QED) is 0.899. The van der Waals surface area contributed by atoms with E-state index >= 15 is 0 Å². The van der Waals surface area contributed by atoms with E-state index in [2.05, 4.69) is 12.1 Å². The van der Waals surface area contributed by atoms with Crippen LogP contribution in [0, 0.1) is 19.7 Å². The predicted octanol–water partition coefficient (Wildman–Crippen LogP) is 4.18. The summed E-state index contributed by atoms with van der Waals surface area (Å²) in [5, 5.41) is 0.502. The van der Waals surface area contributed by atoms with Gasteiger partial charge in [-0.15, -0.1) is 0 Å². The maximum absolute atomic E-state index is 13.7. The summed E-state index contributed by atoms with van der Waals surface area (Å²) in [5.41, 5.74) is 9.28. The van der Waals surface area contributed by atoms with Crippen LogP contribution in [0.5, 0.6) is 5.75 Å². The van der Waals surface area contributed by atoms with Crippen LogP contribution < -0.4 is 10.5 Å². The van der Waals surface area contributed by atoms with E-state index in [9.17, 15) is 4.39 Å². The maximum atomic E-state index is 13.7. The fourth-order valence-electron chi connectivity index (χ4n) is 2.38. The molecule has 0 unspecified atom stereocenters. The van der Waals surface area contributed by atoms with Crippen molar-refractivity contribution in [3.63, 3.8) is 0 Å². The van der Waals surface area contributed by atoms with Crippen molar-refractivity contribution in [3.05, 3.63) is 63.4 Å². The molecule has 0 amide bonds. The average molecular weight is 308 g/mol. The highest BCUT2D eigenvalue weighted by Gasteiger charge is 2.09. The summed E-state index contributed by atoms with van der Waals surface area (Å²) in [6.45, 7) is 4.74. The molecule has 0 saturated heterocycles. The number of halogens is 2. The highest BCUT2D eigenvalue weighted by molar-refractivity contribution is 6.30. The lowest BCUT2D eigenvalue weighted by Gasteiger charge is -2.14. The molecule has 0 fully saturated rings. The Kier molecular flexibility index (Phi) is 5.21. The molecule has 2 rings (SSSR count). The minimum Gasteiger partial charge on any atom is -0.488 e. The molecule has 2 nitrogen and oxygen atoms in total. The Morgan fingerprint density at radius 2 is 1.81 bits per heavy atom. The minimum atomic E-state index is -0.311. The molecule has 112 valence electrons. The molecule has 0 spiro atoms. The molecule has 2 aromatic carbocycles. The smallest absolute Gasteiger partial charge is 0.129 e. The largest absolute Gasteiger partial charge is 0.488 e. The topological polar surface area (TPSA) is 35.2 Å². The summed E-state index contributed by atoms with van der Waals surface area (Å²) >= 11 is 5.88. The molecule has 4 heteroatoms. The van der Waals surface area contributed by atoms with E-state index in [1.165, 1.54) is 17.7 Å². The first-order valence-electron chi connectivity index (χ1n) is 6.88. The van der Waals surface area contributed by atoms with Gasteiger partial charge in [0.25, 0.3) is 0 Å². The molecule has 0 aliphatic carbocycles. The SMILES string of the molecule is Cc1cc(CCN)cc(C)c1OCc1cc(Cl)ccc1F. The Morgan fingerprint density at radius 3 is 2.43 bits per heavy atom. The van der Waals surface area contributed by atoms with Gasteiger partial charge in [0.15, 0.2) is 0 Å². The lowest BCUT2D eigenvalue weighted by Crippen LogP contribution is -2.05. The van der Waals surface area contributed by atoms with Crippen LogP contribution in [-0.2, 0) is 13.0 Å². The highest BCUT2D eigenvalue weighted by atomic mass is 35.5. The molecule has 0 atom stereocenters. The van der Waals surface area contributed by atoms with Crippen LogP contribution in [0.15, 0.2) is 30.3 Å². The number of nitrogens with two attached hydrogens (primary N) is 1. The van der Waals surface area contributed by atoms with Crippen molar-refractivity contribution in [3.8, 4) is 5.75 Å². The van der Waals surface area contributed by atoms with Crippen molar-refractivity contribution in [2.75, 3.05) is 6.54 Å². The van der Waals surface area contributed by atoms with Crippen molar-refractivity contribution in [2.45, 2.75) is 26.9 Å². The molecule has 0 aliphatic heterocycles. The molecule has 0 aliphatic rings. The van der Waals surface area contributed by atoms with Gasteiger partial charge in [-0.25, -0.2) is 4.39 Å². The van der Waals surface area contributed by atoms with E-state index in [4.69, 9.17) is 22.1 Å². The lowest BCUT2D eigenvalue weighted by atomic mass is 10.0. The van der Waals surface area contributed by atoms with Gasteiger partial charge in [0.1, 0.15) is 18.2 Å². The molecule has 0 radical (unpaired) electrons. The molecule has 0 heterocycles. The van der Waals surface area contributed by atoms with Crippen molar-refractivity contribution in [1.29, 1.82) is 0 Å². The van der Waals surface area contributed by atoms with Crippen molar-refractivity contribution >= 4 is 11.6 Å². The normalized spacial score (nSPS) is 10.7. The summed E-state index contributed by atoms with van der Waals surface area (Å²) in [5.74, 6) is 0.476. The minimum absolute atomic E-state index is 0.157. The van der Waals surface area contributed by atoms with Gasteiger partial charge in [-0.3, -0.25) is 0 Å². The summed E-state index contributed by atoms with van der Waals surface area (Å²) in [6.07, 6.45) is 0.838. The van der Waals surface area contributed by atoms with Gasteiger partial charge < -0.3 is 10.5 Å². The third kappa shape index (κ3) is 3.96. The molecule has 0 aromatic heterocycles. The van der Waals surface area contributed by atoms with Crippen molar-refractivity contribution < 1.29 is 9.13 Å². The van der Waals surface area contributed by atoms with Gasteiger partial charge >= 0.3 is 0 Å². The van der Waals surface area contributed by atoms with Gasteiger partial charge in [0.05, 0.1) is 0 Å². The van der Waals surface area contributed by atoms with E-state index in [0.717, 1.165) is 23.3 Å². The zero-order valence-electron chi connectivity index (χ0n) is 12.2. The first-order valence-corrected chi connectivity index (χ1v) is 7.26. The van der Waals surface area contributed by atoms with Gasteiger partial charge in [-0.2, -0.15) is 0 Å². The second-order valence-corrected chi connectivity index (χ2v) is 5.56. The molecular formula is C17H19ClFNO. The summed E-state index contributed by atoms with van der Waals surface area (Å²) in [6, 6.07) is 8.58. The first kappa shape index (κ1) is 15.8. The van der Waals surface area contributed by atoms with Gasteiger partial charge in [-0.1, -0.05) is 23.7 Å². The third-order valence-electron chi connectivity index (χ3n) is 3.33. The number of rotatable bonds is 5. The van der Waals surface area contributed by atoms with Crippen LogP contribution in [0.4, 0.5) is 4.39 Å². The van der Waals surface area contributed by atoms with Crippen molar-refractivity contribution in [2.24, 2.45) is 5.73 Å². The third-order valence-corrected chi connectivity index (χ3v) is 3.57. The molecule has 0 bridgehead atoms. The average Bonchev–Trinajstić information content (AvgIpc) is 2.42. The zero-order chi connectivity index (χ0) is 15.4. The number of hydrogen-bond donors (Lipinski definition) is 1. The van der Waals surface area contributed by atoms with Crippen LogP contribution in [0.25, 0.3) is 0 Å². The second-order valence-electron chi connectivity index (χ2n) is 5.12. The van der Waals surface area contributed by atoms with Crippen LogP contribution >= 0.6 is 11.6 Å². The molecule has 21 heavy (non-hydrogen) atoms. The van der Waals surface area contributed by atoms with Crippen LogP contribution in [0.3, 0.4) is 0 Å². The number of aryl methyl sites for hydroxylation is 2. The second kappa shape index (κ2) is 6.92. The summed E-state index contributed by atoms with van der Waals surface area (Å²) in [4.78, 5) is 0. The zero-order valence-corrected chi connectivity index (χ0v) is 13.0. The fraction of sp³-hybridized carbons (Fsp3) is 0.294. The lowest BCUT2D eigenvalue weighted by molar-refractivity contribution is 0.295. The van der Waals surface area contributed by atoms with Crippen LogP contribution in [-0.4, -0.2) is 6.54 Å². The monoisotopic (exact) mass is 307 g/mol. The summed E-state index contributed by atoms with van der Waals surface area (Å²) in [7, 11) is 0. The van der Waals surface area contributed by atoms with E-state index < -0.39 is 0 Å². The van der Waals surface area contributed by atoms with E-state index in [-0.39, 0.29) is 12.4 Å². The number of benzene rings is 2. The van der Waals surface area contributed by atoms with E-state index in [1.54, 1.807) is 6.07 Å². The molecule has 2 N–H and O–H groups in total. The Hall–Kier alpha value is -1.58. The number of hydrogen-bond acceptors (Lipinski definition) is 2. The van der Waals surface area contributed by atoms with Crippen LogP contribution in [0.1, 0.15) is 22.3 Å². The van der Waals surface area contributed by atoms with Gasteiger partial charge in [-0.05, 0) is 61.7 Å². The van der Waals surface area contributed by atoms with Crippen molar-refractivity contribution in [1.82, 2.24) is 0 Å². The van der Waals surface area contributed by atoms with Crippen LogP contribution in [0.2, 0.25) is 5.02 Å². The summed E-state index contributed by atoms with van der Waals surface area (Å²) < 4.78 is 19.5. The van der Waals surface area contributed by atoms with Gasteiger partial charge in [0, 0.05) is 10.6 Å². The Bertz CT molecular complexity index is 620. The van der Waals surface area contributed by atoms with E-state index in [1.807, 2.05) is 13.8 Å². The predicted molar refractivity (Wildman–Crippen MR) is 84.4 cm³/mol. The number of ether oxygens (including phenoxy) is 1. The fourth-order valence-corrected chi connectivity index (χ4v) is 2.58. The Labute approximate surface area is 129 Å².